The van der Waals surface area contributed by atoms with Crippen LogP contribution in [-0.4, -0.2) is 28.0 Å². The first-order valence-electron chi connectivity index (χ1n) is 7.28. The minimum Gasteiger partial charge on any atom is -0.497 e. The van der Waals surface area contributed by atoms with Crippen molar-refractivity contribution in [3.05, 3.63) is 65.3 Å². The predicted octanol–water partition coefficient (Wildman–Crippen LogP) is 3.83. The van der Waals surface area contributed by atoms with Crippen molar-refractivity contribution in [2.45, 2.75) is 6.42 Å². The average molecular weight is 343 g/mol. The number of halogens is 1. The van der Waals surface area contributed by atoms with Gasteiger partial charge in [-0.2, -0.15) is 5.10 Å². The number of aliphatic carboxylic acids is 1. The van der Waals surface area contributed by atoms with E-state index in [0.29, 0.717) is 16.4 Å². The lowest BCUT2D eigenvalue weighted by Crippen LogP contribution is -2.07. The highest BCUT2D eigenvalue weighted by Crippen LogP contribution is 2.25. The van der Waals surface area contributed by atoms with E-state index in [4.69, 9.17) is 21.4 Å². The summed E-state index contributed by atoms with van der Waals surface area (Å²) in [6.45, 7) is 0. The van der Waals surface area contributed by atoms with Gasteiger partial charge in [0.05, 0.1) is 30.6 Å². The fraction of sp³-hybridized carbons (Fsp3) is 0.111. The van der Waals surface area contributed by atoms with E-state index in [9.17, 15) is 4.79 Å². The Morgan fingerprint density at radius 3 is 2.58 bits per heavy atom. The van der Waals surface area contributed by atoms with Gasteiger partial charge in [0.25, 0.3) is 0 Å². The molecule has 0 spiro atoms. The Kier molecular flexibility index (Phi) is 4.53. The molecule has 1 heterocycles. The molecule has 1 N–H and O–H groups in total. The summed E-state index contributed by atoms with van der Waals surface area (Å²) in [5, 5.41) is 14.3. The van der Waals surface area contributed by atoms with Gasteiger partial charge >= 0.3 is 5.97 Å². The van der Waals surface area contributed by atoms with Crippen molar-refractivity contribution in [3.8, 4) is 22.7 Å². The van der Waals surface area contributed by atoms with Crippen LogP contribution in [0.25, 0.3) is 16.9 Å². The Morgan fingerprint density at radius 2 is 1.96 bits per heavy atom. The third-order valence-electron chi connectivity index (χ3n) is 3.55. The van der Waals surface area contributed by atoms with Gasteiger partial charge in [0.1, 0.15) is 5.75 Å². The number of rotatable bonds is 5. The monoisotopic (exact) mass is 342 g/mol. The quantitative estimate of drug-likeness (QED) is 0.765. The molecular weight excluding hydrogens is 328 g/mol. The lowest BCUT2D eigenvalue weighted by Gasteiger charge is -2.06. The van der Waals surface area contributed by atoms with Crippen molar-refractivity contribution in [1.29, 1.82) is 0 Å². The van der Waals surface area contributed by atoms with E-state index in [1.807, 2.05) is 30.3 Å². The molecule has 0 fully saturated rings. The number of hydrogen-bond acceptors (Lipinski definition) is 3. The number of methoxy groups -OCH3 is 1. The average Bonchev–Trinajstić information content (AvgIpc) is 2.98. The molecule has 0 aliphatic carbocycles. The lowest BCUT2D eigenvalue weighted by atomic mass is 10.1. The summed E-state index contributed by atoms with van der Waals surface area (Å²) in [6, 6.07) is 16.4. The van der Waals surface area contributed by atoms with E-state index in [1.165, 1.54) is 0 Å². The molecule has 0 saturated heterocycles. The highest BCUT2D eigenvalue weighted by Gasteiger charge is 2.14. The Balaban J connectivity index is 2.06. The van der Waals surface area contributed by atoms with Crippen LogP contribution in [0.2, 0.25) is 5.02 Å². The van der Waals surface area contributed by atoms with Crippen LogP contribution in [0.15, 0.2) is 54.6 Å². The van der Waals surface area contributed by atoms with Crippen LogP contribution in [0.4, 0.5) is 0 Å². The third kappa shape index (κ3) is 3.41. The van der Waals surface area contributed by atoms with Crippen LogP contribution < -0.4 is 4.74 Å². The molecule has 3 rings (SSSR count). The van der Waals surface area contributed by atoms with Gasteiger partial charge in [-0.15, -0.1) is 0 Å². The van der Waals surface area contributed by atoms with Gasteiger partial charge in [-0.05, 0) is 48.5 Å². The van der Waals surface area contributed by atoms with E-state index >= 15 is 0 Å². The number of nitrogens with zero attached hydrogens (tertiary/aromatic N) is 2. The zero-order valence-electron chi connectivity index (χ0n) is 12.9. The molecular formula is C18H15ClN2O3. The Bertz CT molecular complexity index is 872. The van der Waals surface area contributed by atoms with Gasteiger partial charge in [-0.1, -0.05) is 17.7 Å². The molecule has 6 heteroatoms. The Hall–Kier alpha value is -2.79. The zero-order valence-corrected chi connectivity index (χ0v) is 13.7. The Labute approximate surface area is 144 Å². The van der Waals surface area contributed by atoms with E-state index in [2.05, 4.69) is 5.10 Å². The molecule has 122 valence electrons. The molecule has 0 radical (unpaired) electrons. The summed E-state index contributed by atoms with van der Waals surface area (Å²) < 4.78 is 6.76. The number of ether oxygens (including phenoxy) is 1. The maximum absolute atomic E-state index is 11.2. The molecule has 0 bridgehead atoms. The second-order valence-electron chi connectivity index (χ2n) is 5.21. The van der Waals surface area contributed by atoms with Crippen molar-refractivity contribution in [1.82, 2.24) is 9.78 Å². The summed E-state index contributed by atoms with van der Waals surface area (Å²) in [5.41, 5.74) is 2.87. The zero-order chi connectivity index (χ0) is 17.1. The molecule has 1 aromatic heterocycles. The SMILES string of the molecule is COc1ccc(-c2cc(CC(=O)O)n(-c3cccc(Cl)c3)n2)cc1. The molecule has 0 aliphatic rings. The summed E-state index contributed by atoms with van der Waals surface area (Å²) in [7, 11) is 1.61. The predicted molar refractivity (Wildman–Crippen MR) is 91.9 cm³/mol. The van der Waals surface area contributed by atoms with Crippen molar-refractivity contribution in [3.63, 3.8) is 0 Å². The van der Waals surface area contributed by atoms with Gasteiger partial charge in [0, 0.05) is 10.6 Å². The molecule has 0 amide bonds. The summed E-state index contributed by atoms with van der Waals surface area (Å²) in [5.74, 6) is -0.168. The largest absolute Gasteiger partial charge is 0.497 e. The van der Waals surface area contributed by atoms with Crippen molar-refractivity contribution < 1.29 is 14.6 Å². The molecule has 2 aromatic carbocycles. The summed E-state index contributed by atoms with van der Waals surface area (Å²) >= 11 is 6.04. The van der Waals surface area contributed by atoms with E-state index in [1.54, 1.807) is 36.1 Å². The maximum Gasteiger partial charge on any atom is 0.309 e. The first kappa shape index (κ1) is 16.1. The molecule has 0 saturated carbocycles. The van der Waals surface area contributed by atoms with Crippen LogP contribution in [0.5, 0.6) is 5.75 Å². The normalized spacial score (nSPS) is 10.6. The number of carboxylic acids is 1. The number of aromatic nitrogens is 2. The van der Waals surface area contributed by atoms with Gasteiger partial charge in [-0.3, -0.25) is 4.79 Å². The van der Waals surface area contributed by atoms with Crippen molar-refractivity contribution in [2.24, 2.45) is 0 Å². The Morgan fingerprint density at radius 1 is 1.21 bits per heavy atom. The first-order chi connectivity index (χ1) is 11.6. The minimum absolute atomic E-state index is 0.129. The van der Waals surface area contributed by atoms with E-state index in [-0.39, 0.29) is 6.42 Å². The van der Waals surface area contributed by atoms with Crippen molar-refractivity contribution >= 4 is 17.6 Å². The fourth-order valence-electron chi connectivity index (χ4n) is 2.43. The van der Waals surface area contributed by atoms with Crippen LogP contribution in [-0.2, 0) is 11.2 Å². The number of carbonyl (C=O) groups is 1. The van der Waals surface area contributed by atoms with Crippen LogP contribution >= 0.6 is 11.6 Å². The van der Waals surface area contributed by atoms with Gasteiger partial charge in [0.15, 0.2) is 0 Å². The van der Waals surface area contributed by atoms with Gasteiger partial charge < -0.3 is 9.84 Å². The summed E-state index contributed by atoms with van der Waals surface area (Å²) in [6.07, 6.45) is -0.129. The lowest BCUT2D eigenvalue weighted by molar-refractivity contribution is -0.136. The second kappa shape index (κ2) is 6.76. The molecule has 5 nitrogen and oxygen atoms in total. The molecule has 0 atom stereocenters. The second-order valence-corrected chi connectivity index (χ2v) is 5.65. The van der Waals surface area contributed by atoms with Gasteiger partial charge in [0.2, 0.25) is 0 Å². The van der Waals surface area contributed by atoms with E-state index < -0.39 is 5.97 Å². The maximum atomic E-state index is 11.2. The van der Waals surface area contributed by atoms with Crippen LogP contribution in [0.1, 0.15) is 5.69 Å². The highest BCUT2D eigenvalue weighted by atomic mass is 35.5. The van der Waals surface area contributed by atoms with Gasteiger partial charge in [-0.25, -0.2) is 4.68 Å². The fourth-order valence-corrected chi connectivity index (χ4v) is 2.62. The van der Waals surface area contributed by atoms with E-state index in [0.717, 1.165) is 17.0 Å². The number of carboxylic acid groups (broad SMARTS) is 1. The topological polar surface area (TPSA) is 64.3 Å². The first-order valence-corrected chi connectivity index (χ1v) is 7.66. The molecule has 0 aliphatic heterocycles. The van der Waals surface area contributed by atoms with Crippen LogP contribution in [0, 0.1) is 0 Å². The molecule has 24 heavy (non-hydrogen) atoms. The highest BCUT2D eigenvalue weighted by molar-refractivity contribution is 6.30. The summed E-state index contributed by atoms with van der Waals surface area (Å²) in [4.78, 5) is 11.2. The minimum atomic E-state index is -0.917. The molecule has 0 unspecified atom stereocenters. The smallest absolute Gasteiger partial charge is 0.309 e. The number of benzene rings is 2. The van der Waals surface area contributed by atoms with Crippen LogP contribution in [0.3, 0.4) is 0 Å². The number of hydrogen-bond donors (Lipinski definition) is 1. The molecule has 3 aromatic rings. The third-order valence-corrected chi connectivity index (χ3v) is 3.79. The van der Waals surface area contributed by atoms with Crippen molar-refractivity contribution in [2.75, 3.05) is 7.11 Å². The standard InChI is InChI=1S/C18H15ClN2O3/c1-24-16-7-5-12(6-8-16)17-10-15(11-18(22)23)21(20-17)14-4-2-3-13(19)9-14/h2-10H,11H2,1H3,(H,22,23).